The molecule has 0 N–H and O–H groups in total. The molecule has 3 heteroatoms. The fraction of sp³-hybridized carbons (Fsp3) is 0.348. The number of hydrogen-bond donors (Lipinski definition) is 0. The lowest BCUT2D eigenvalue weighted by molar-refractivity contribution is -0.602. The minimum atomic E-state index is 0. The minimum Gasteiger partial charge on any atom is -1.00 e. The predicted molar refractivity (Wildman–Crippen MR) is 105 cm³/mol. The van der Waals surface area contributed by atoms with Gasteiger partial charge in [0.15, 0.2) is 0 Å². The van der Waals surface area contributed by atoms with Crippen molar-refractivity contribution in [1.82, 2.24) is 4.57 Å². The van der Waals surface area contributed by atoms with Gasteiger partial charge >= 0.3 is 0 Å². The van der Waals surface area contributed by atoms with E-state index in [9.17, 15) is 0 Å². The molecule has 0 fully saturated rings. The molecule has 0 unspecified atom stereocenters. The van der Waals surface area contributed by atoms with E-state index in [-0.39, 0.29) is 12.4 Å². The predicted octanol–water partition coefficient (Wildman–Crippen LogP) is 2.23. The van der Waals surface area contributed by atoms with Crippen molar-refractivity contribution in [1.29, 1.82) is 0 Å². The lowest BCUT2D eigenvalue weighted by Crippen LogP contribution is -3.00. The first kappa shape index (κ1) is 20.3. The Labute approximate surface area is 163 Å². The molecule has 0 saturated heterocycles. The summed E-state index contributed by atoms with van der Waals surface area (Å²) in [6, 6.07) is 9.07. The second-order valence-corrected chi connectivity index (χ2v) is 7.52. The van der Waals surface area contributed by atoms with Gasteiger partial charge in [0.05, 0.1) is 0 Å². The van der Waals surface area contributed by atoms with Gasteiger partial charge in [0.25, 0.3) is 6.33 Å². The Kier molecular flexibility index (Phi) is 5.67. The number of halogens is 1. The topological polar surface area (TPSA) is 8.81 Å². The average molecular weight is 369 g/mol. The molecule has 0 radical (unpaired) electrons. The summed E-state index contributed by atoms with van der Waals surface area (Å²) in [6.07, 6.45) is 2.25. The summed E-state index contributed by atoms with van der Waals surface area (Å²) >= 11 is 0. The monoisotopic (exact) mass is 368 g/mol. The molecule has 0 aliphatic carbocycles. The third-order valence-corrected chi connectivity index (χ3v) is 5.23. The Balaban J connectivity index is 0.00000243. The van der Waals surface area contributed by atoms with E-state index in [2.05, 4.69) is 95.1 Å². The van der Waals surface area contributed by atoms with Gasteiger partial charge in [-0.2, -0.15) is 9.13 Å². The van der Waals surface area contributed by atoms with E-state index in [0.717, 1.165) is 0 Å². The quantitative estimate of drug-likeness (QED) is 0.613. The third-order valence-electron chi connectivity index (χ3n) is 5.23. The van der Waals surface area contributed by atoms with Crippen LogP contribution in [0.3, 0.4) is 0 Å². The summed E-state index contributed by atoms with van der Waals surface area (Å²) in [5.41, 5.74) is 13.1. The summed E-state index contributed by atoms with van der Waals surface area (Å²) < 4.78 is 4.69. The molecule has 0 amide bonds. The van der Waals surface area contributed by atoms with Crippen molar-refractivity contribution >= 4 is 0 Å². The molecule has 2 nitrogen and oxygen atoms in total. The van der Waals surface area contributed by atoms with E-state index in [4.69, 9.17) is 0 Å². The van der Waals surface area contributed by atoms with Crippen LogP contribution in [0, 0.1) is 55.4 Å². The zero-order chi connectivity index (χ0) is 18.5. The number of hydrogen-bond acceptors (Lipinski definition) is 0. The molecule has 0 bridgehead atoms. The van der Waals surface area contributed by atoms with Crippen molar-refractivity contribution in [2.24, 2.45) is 0 Å². The van der Waals surface area contributed by atoms with E-state index in [1.54, 1.807) is 0 Å². The zero-order valence-corrected chi connectivity index (χ0v) is 17.9. The van der Waals surface area contributed by atoms with Gasteiger partial charge in [-0.3, -0.25) is 0 Å². The first-order valence-corrected chi connectivity index (χ1v) is 8.97. The molecule has 0 aliphatic heterocycles. The maximum Gasteiger partial charge on any atom is 0.254 e. The van der Waals surface area contributed by atoms with Crippen molar-refractivity contribution in [2.45, 2.75) is 55.4 Å². The molecule has 3 aromatic rings. The summed E-state index contributed by atoms with van der Waals surface area (Å²) in [5, 5.41) is 0. The van der Waals surface area contributed by atoms with Crippen molar-refractivity contribution in [2.75, 3.05) is 0 Å². The van der Waals surface area contributed by atoms with Crippen LogP contribution in [0.5, 0.6) is 0 Å². The molecular formula is C23H29ClN2. The number of rotatable bonds is 2. The maximum atomic E-state index is 2.35. The van der Waals surface area contributed by atoms with E-state index in [1.165, 1.54) is 56.1 Å². The molecule has 1 heterocycles. The lowest BCUT2D eigenvalue weighted by atomic mass is 10.0. The molecule has 0 saturated carbocycles. The van der Waals surface area contributed by atoms with Crippen LogP contribution in [-0.4, -0.2) is 4.57 Å². The van der Waals surface area contributed by atoms with Crippen LogP contribution in [0.25, 0.3) is 11.4 Å². The highest BCUT2D eigenvalue weighted by atomic mass is 35.5. The zero-order valence-electron chi connectivity index (χ0n) is 17.2. The molecule has 0 aliphatic rings. The van der Waals surface area contributed by atoms with E-state index in [1.807, 2.05) is 0 Å². The van der Waals surface area contributed by atoms with E-state index >= 15 is 0 Å². The molecule has 26 heavy (non-hydrogen) atoms. The molecular weight excluding hydrogens is 340 g/mol. The molecule has 138 valence electrons. The lowest BCUT2D eigenvalue weighted by Gasteiger charge is -2.09. The van der Waals surface area contributed by atoms with Crippen LogP contribution in [0.2, 0.25) is 0 Å². The normalized spacial score (nSPS) is 10.8. The van der Waals surface area contributed by atoms with Gasteiger partial charge in [0.1, 0.15) is 22.8 Å². The van der Waals surface area contributed by atoms with Crippen molar-refractivity contribution in [3.8, 4) is 11.4 Å². The SMILES string of the molecule is Cc1cc(C)c(-n2c[n+](-c3c(C)cc(C)cc3C)c(C)c2C)c(C)c1.[Cl-]. The number of aryl methyl sites for hydroxylation is 6. The highest BCUT2D eigenvalue weighted by Gasteiger charge is 2.24. The number of benzene rings is 2. The molecule has 1 aromatic heterocycles. The van der Waals surface area contributed by atoms with Crippen molar-refractivity contribution in [3.63, 3.8) is 0 Å². The van der Waals surface area contributed by atoms with E-state index in [0.29, 0.717) is 0 Å². The smallest absolute Gasteiger partial charge is 0.254 e. The Bertz CT molecular complexity index is 856. The number of aromatic nitrogens is 2. The van der Waals surface area contributed by atoms with Gasteiger partial charge in [-0.1, -0.05) is 35.4 Å². The van der Waals surface area contributed by atoms with Gasteiger partial charge in [-0.15, -0.1) is 0 Å². The summed E-state index contributed by atoms with van der Waals surface area (Å²) in [5.74, 6) is 0. The van der Waals surface area contributed by atoms with Crippen LogP contribution in [-0.2, 0) is 0 Å². The Morgan fingerprint density at radius 1 is 0.654 bits per heavy atom. The van der Waals surface area contributed by atoms with Crippen LogP contribution < -0.4 is 17.0 Å². The van der Waals surface area contributed by atoms with Gasteiger partial charge in [-0.05, 0) is 63.8 Å². The summed E-state index contributed by atoms with van der Waals surface area (Å²) in [7, 11) is 0. The second-order valence-electron chi connectivity index (χ2n) is 7.52. The number of nitrogens with zero attached hydrogens (tertiary/aromatic N) is 2. The van der Waals surface area contributed by atoms with Gasteiger partial charge < -0.3 is 12.4 Å². The third kappa shape index (κ3) is 3.31. The Morgan fingerprint density at radius 2 is 1.08 bits per heavy atom. The standard InChI is InChI=1S/C23H29N2.ClH/c1-14-9-16(3)22(17(4)10-14)24-13-25(21(8)20(24)7)23-18(5)11-15(2)12-19(23)6;/h9-13H,1-8H3;1H/q+1;/p-1. The largest absolute Gasteiger partial charge is 1.00 e. The number of imidazole rings is 1. The van der Waals surface area contributed by atoms with E-state index < -0.39 is 0 Å². The average Bonchev–Trinajstić information content (AvgIpc) is 2.74. The first-order chi connectivity index (χ1) is 11.7. The van der Waals surface area contributed by atoms with Gasteiger partial charge in [0.2, 0.25) is 0 Å². The van der Waals surface area contributed by atoms with Gasteiger partial charge in [0, 0.05) is 13.8 Å². The Hall–Kier alpha value is -2.06. The highest BCUT2D eigenvalue weighted by molar-refractivity contribution is 5.50. The molecule has 2 aromatic carbocycles. The fourth-order valence-corrected chi connectivity index (χ4v) is 4.19. The van der Waals surface area contributed by atoms with Crippen LogP contribution in [0.1, 0.15) is 44.8 Å². The summed E-state index contributed by atoms with van der Waals surface area (Å²) in [4.78, 5) is 0. The molecule has 3 rings (SSSR count). The first-order valence-electron chi connectivity index (χ1n) is 8.97. The highest BCUT2D eigenvalue weighted by Crippen LogP contribution is 2.24. The van der Waals surface area contributed by atoms with Crippen molar-refractivity contribution in [3.05, 3.63) is 75.4 Å². The van der Waals surface area contributed by atoms with Gasteiger partial charge in [-0.25, -0.2) is 0 Å². The molecule has 0 atom stereocenters. The van der Waals surface area contributed by atoms with Crippen LogP contribution >= 0.6 is 0 Å². The summed E-state index contributed by atoms with van der Waals surface area (Å²) in [6.45, 7) is 17.6. The van der Waals surface area contributed by atoms with Crippen LogP contribution in [0.15, 0.2) is 30.6 Å². The molecule has 0 spiro atoms. The van der Waals surface area contributed by atoms with Crippen molar-refractivity contribution < 1.29 is 17.0 Å². The van der Waals surface area contributed by atoms with Crippen LogP contribution in [0.4, 0.5) is 0 Å². The fourth-order valence-electron chi connectivity index (χ4n) is 4.19. The maximum absolute atomic E-state index is 2.35. The Morgan fingerprint density at radius 3 is 1.54 bits per heavy atom. The minimum absolute atomic E-state index is 0. The second kappa shape index (κ2) is 7.28.